The summed E-state index contributed by atoms with van der Waals surface area (Å²) in [6.07, 6.45) is 0. The van der Waals surface area contributed by atoms with Crippen molar-refractivity contribution in [3.63, 3.8) is 0 Å². The average molecular weight is 217 g/mol. The van der Waals surface area contributed by atoms with Gasteiger partial charge in [0.15, 0.2) is 0 Å². The first kappa shape index (κ1) is 10.7. The molecule has 2 rings (SSSR count). The van der Waals surface area contributed by atoms with Crippen LogP contribution in [0, 0.1) is 13.8 Å². The Hall–Kier alpha value is -1.77. The highest BCUT2D eigenvalue weighted by Gasteiger charge is 2.15. The van der Waals surface area contributed by atoms with Crippen LogP contribution in [0.1, 0.15) is 28.5 Å². The number of aromatic amines is 1. The Balaban J connectivity index is 2.60. The van der Waals surface area contributed by atoms with Crippen LogP contribution >= 0.6 is 0 Å². The Morgan fingerprint density at radius 2 is 2.12 bits per heavy atom. The minimum atomic E-state index is -0.282. The maximum Gasteiger partial charge on any atom is 0.355 e. The third-order valence-electron chi connectivity index (χ3n) is 2.78. The molecule has 1 aromatic heterocycles. The molecule has 0 spiro atoms. The van der Waals surface area contributed by atoms with Gasteiger partial charge in [-0.2, -0.15) is 0 Å². The van der Waals surface area contributed by atoms with E-state index in [1.807, 2.05) is 32.0 Å². The number of para-hydroxylation sites is 1. The van der Waals surface area contributed by atoms with Gasteiger partial charge < -0.3 is 9.72 Å². The molecule has 3 heteroatoms. The van der Waals surface area contributed by atoms with E-state index >= 15 is 0 Å². The number of hydrogen-bond donors (Lipinski definition) is 1. The zero-order chi connectivity index (χ0) is 11.7. The van der Waals surface area contributed by atoms with E-state index in [-0.39, 0.29) is 5.97 Å². The Bertz CT molecular complexity index is 540. The Kier molecular flexibility index (Phi) is 2.69. The first-order chi connectivity index (χ1) is 7.65. The molecule has 0 fully saturated rings. The first-order valence-corrected chi connectivity index (χ1v) is 5.40. The molecule has 0 aliphatic rings. The molecule has 1 heterocycles. The lowest BCUT2D eigenvalue weighted by atomic mass is 10.1. The van der Waals surface area contributed by atoms with Gasteiger partial charge in [0, 0.05) is 10.9 Å². The fourth-order valence-corrected chi connectivity index (χ4v) is 1.91. The van der Waals surface area contributed by atoms with Crippen molar-refractivity contribution in [1.82, 2.24) is 4.98 Å². The molecule has 0 amide bonds. The van der Waals surface area contributed by atoms with Crippen molar-refractivity contribution in [1.29, 1.82) is 0 Å². The van der Waals surface area contributed by atoms with Crippen LogP contribution in [0.3, 0.4) is 0 Å². The minimum Gasteiger partial charge on any atom is -0.461 e. The summed E-state index contributed by atoms with van der Waals surface area (Å²) < 4.78 is 5.01. The monoisotopic (exact) mass is 217 g/mol. The van der Waals surface area contributed by atoms with Crippen molar-refractivity contribution >= 4 is 16.9 Å². The zero-order valence-electron chi connectivity index (χ0n) is 9.76. The van der Waals surface area contributed by atoms with Gasteiger partial charge in [-0.25, -0.2) is 4.79 Å². The summed E-state index contributed by atoms with van der Waals surface area (Å²) in [6.45, 7) is 6.16. The fourth-order valence-electron chi connectivity index (χ4n) is 1.91. The number of esters is 1. The van der Waals surface area contributed by atoms with Gasteiger partial charge in [0.1, 0.15) is 5.69 Å². The van der Waals surface area contributed by atoms with Gasteiger partial charge in [0.2, 0.25) is 0 Å². The highest BCUT2D eigenvalue weighted by atomic mass is 16.5. The zero-order valence-corrected chi connectivity index (χ0v) is 9.76. The quantitative estimate of drug-likeness (QED) is 0.786. The van der Waals surface area contributed by atoms with Crippen LogP contribution < -0.4 is 0 Å². The standard InChI is InChI=1S/C13H15NO2/c1-4-16-13(15)12-9(3)10-7-5-6-8(2)11(10)14-12/h5-7,14H,4H2,1-3H3. The molecule has 2 aromatic rings. The number of fused-ring (bicyclic) bond motifs is 1. The van der Waals surface area contributed by atoms with Crippen molar-refractivity contribution in [3.8, 4) is 0 Å². The predicted molar refractivity (Wildman–Crippen MR) is 63.7 cm³/mol. The number of benzene rings is 1. The lowest BCUT2D eigenvalue weighted by Gasteiger charge is -1.99. The molecule has 0 unspecified atom stereocenters. The van der Waals surface area contributed by atoms with Gasteiger partial charge in [-0.05, 0) is 31.9 Å². The molecule has 0 bridgehead atoms. The lowest BCUT2D eigenvalue weighted by molar-refractivity contribution is 0.0520. The minimum absolute atomic E-state index is 0.282. The summed E-state index contributed by atoms with van der Waals surface area (Å²) in [4.78, 5) is 14.8. The number of carbonyl (C=O) groups excluding carboxylic acids is 1. The van der Waals surface area contributed by atoms with Gasteiger partial charge in [-0.1, -0.05) is 18.2 Å². The number of ether oxygens (including phenoxy) is 1. The molecule has 3 nitrogen and oxygen atoms in total. The number of aryl methyl sites for hydroxylation is 2. The van der Waals surface area contributed by atoms with Crippen LogP contribution in [-0.4, -0.2) is 17.6 Å². The SMILES string of the molecule is CCOC(=O)c1[nH]c2c(C)cccc2c1C. The van der Waals surface area contributed by atoms with Crippen LogP contribution in [0.2, 0.25) is 0 Å². The normalized spacial score (nSPS) is 10.7. The van der Waals surface area contributed by atoms with E-state index in [1.54, 1.807) is 6.92 Å². The molecule has 1 N–H and O–H groups in total. The van der Waals surface area contributed by atoms with Gasteiger partial charge >= 0.3 is 5.97 Å². The van der Waals surface area contributed by atoms with Gasteiger partial charge in [-0.3, -0.25) is 0 Å². The van der Waals surface area contributed by atoms with Crippen LogP contribution in [-0.2, 0) is 4.74 Å². The number of aromatic nitrogens is 1. The van der Waals surface area contributed by atoms with E-state index in [1.165, 1.54) is 0 Å². The van der Waals surface area contributed by atoms with Crippen LogP contribution in [0.15, 0.2) is 18.2 Å². The van der Waals surface area contributed by atoms with E-state index in [0.717, 1.165) is 22.0 Å². The molecule has 0 atom stereocenters. The maximum absolute atomic E-state index is 11.7. The van der Waals surface area contributed by atoms with Crippen molar-refractivity contribution in [2.24, 2.45) is 0 Å². The number of hydrogen-bond acceptors (Lipinski definition) is 2. The number of carbonyl (C=O) groups is 1. The van der Waals surface area contributed by atoms with E-state index in [4.69, 9.17) is 4.74 Å². The fraction of sp³-hybridized carbons (Fsp3) is 0.308. The second-order valence-corrected chi connectivity index (χ2v) is 3.84. The van der Waals surface area contributed by atoms with Crippen LogP contribution in [0.25, 0.3) is 10.9 Å². The summed E-state index contributed by atoms with van der Waals surface area (Å²) in [7, 11) is 0. The maximum atomic E-state index is 11.7. The van der Waals surface area contributed by atoms with Gasteiger partial charge in [0.05, 0.1) is 6.61 Å². The van der Waals surface area contributed by atoms with E-state index in [9.17, 15) is 4.79 Å². The van der Waals surface area contributed by atoms with Gasteiger partial charge in [0.25, 0.3) is 0 Å². The molecule has 1 aromatic carbocycles. The van der Waals surface area contributed by atoms with Crippen LogP contribution in [0.5, 0.6) is 0 Å². The Morgan fingerprint density at radius 1 is 1.38 bits per heavy atom. The molecule has 84 valence electrons. The second kappa shape index (κ2) is 4.00. The highest BCUT2D eigenvalue weighted by molar-refractivity contribution is 5.98. The largest absolute Gasteiger partial charge is 0.461 e. The molecular formula is C13H15NO2. The van der Waals surface area contributed by atoms with Gasteiger partial charge in [-0.15, -0.1) is 0 Å². The molecule has 0 saturated carbocycles. The second-order valence-electron chi connectivity index (χ2n) is 3.84. The topological polar surface area (TPSA) is 42.1 Å². The van der Waals surface area contributed by atoms with E-state index in [0.29, 0.717) is 12.3 Å². The van der Waals surface area contributed by atoms with Crippen molar-refractivity contribution in [2.45, 2.75) is 20.8 Å². The van der Waals surface area contributed by atoms with E-state index in [2.05, 4.69) is 4.98 Å². The van der Waals surface area contributed by atoms with Crippen molar-refractivity contribution in [3.05, 3.63) is 35.0 Å². The summed E-state index contributed by atoms with van der Waals surface area (Å²) in [5.41, 5.74) is 3.67. The Labute approximate surface area is 94.4 Å². The summed E-state index contributed by atoms with van der Waals surface area (Å²) in [5.74, 6) is -0.282. The molecule has 16 heavy (non-hydrogen) atoms. The smallest absolute Gasteiger partial charge is 0.355 e. The average Bonchev–Trinajstić information content (AvgIpc) is 2.59. The molecular weight excluding hydrogens is 202 g/mol. The molecule has 0 aliphatic carbocycles. The molecule has 0 saturated heterocycles. The van der Waals surface area contributed by atoms with Crippen molar-refractivity contribution < 1.29 is 9.53 Å². The first-order valence-electron chi connectivity index (χ1n) is 5.40. The number of nitrogens with one attached hydrogen (secondary N) is 1. The molecule has 0 aliphatic heterocycles. The third-order valence-corrected chi connectivity index (χ3v) is 2.78. The third kappa shape index (κ3) is 1.58. The number of H-pyrrole nitrogens is 1. The molecule has 0 radical (unpaired) electrons. The summed E-state index contributed by atoms with van der Waals surface area (Å²) in [6, 6.07) is 6.03. The van der Waals surface area contributed by atoms with Crippen LogP contribution in [0.4, 0.5) is 0 Å². The summed E-state index contributed by atoms with van der Waals surface area (Å²) in [5, 5.41) is 1.09. The Morgan fingerprint density at radius 3 is 2.75 bits per heavy atom. The lowest BCUT2D eigenvalue weighted by Crippen LogP contribution is -2.06. The number of rotatable bonds is 2. The highest BCUT2D eigenvalue weighted by Crippen LogP contribution is 2.24. The van der Waals surface area contributed by atoms with E-state index < -0.39 is 0 Å². The summed E-state index contributed by atoms with van der Waals surface area (Å²) >= 11 is 0. The van der Waals surface area contributed by atoms with Crippen molar-refractivity contribution in [2.75, 3.05) is 6.61 Å². The predicted octanol–water partition coefficient (Wildman–Crippen LogP) is 2.96.